The second-order valence-corrected chi connectivity index (χ2v) is 5.85. The Bertz CT molecular complexity index is 587. The summed E-state index contributed by atoms with van der Waals surface area (Å²) in [6, 6.07) is 12.3. The third kappa shape index (κ3) is 7.22. The molecule has 23 heavy (non-hydrogen) atoms. The maximum atomic E-state index is 5.89. The zero-order valence-electron chi connectivity index (χ0n) is 13.3. The van der Waals surface area contributed by atoms with Gasteiger partial charge in [0.1, 0.15) is 5.75 Å². The van der Waals surface area contributed by atoms with Crippen LogP contribution in [0.25, 0.3) is 0 Å². The smallest absolute Gasteiger partial charge is 0.188 e. The topological polar surface area (TPSA) is 59.6 Å². The number of rotatable bonds is 8. The standard InChI is InChI=1S/C17H23N3OS.HI/c1-2-21-16-8-4-3-6-14(16)9-11-19-17(18)20-12-10-15-7-5-13-22-15;/h3-8,13H,2,9-12H2,1H3,(H3,18,19,20);1H. The van der Waals surface area contributed by atoms with Gasteiger partial charge >= 0.3 is 0 Å². The number of hydrogen-bond acceptors (Lipinski definition) is 3. The second-order valence-electron chi connectivity index (χ2n) is 4.81. The number of thiophene rings is 1. The molecular formula is C17H24IN3OS. The molecular weight excluding hydrogens is 421 g/mol. The number of halogens is 1. The van der Waals surface area contributed by atoms with Gasteiger partial charge in [0, 0.05) is 24.4 Å². The summed E-state index contributed by atoms with van der Waals surface area (Å²) in [6.45, 7) is 4.14. The monoisotopic (exact) mass is 445 g/mol. The van der Waals surface area contributed by atoms with Gasteiger partial charge in [0.05, 0.1) is 6.61 Å². The molecule has 2 rings (SSSR count). The van der Waals surface area contributed by atoms with Crippen molar-refractivity contribution in [3.63, 3.8) is 0 Å². The molecule has 0 aliphatic heterocycles. The van der Waals surface area contributed by atoms with Crippen LogP contribution in [0.1, 0.15) is 17.4 Å². The third-order valence-electron chi connectivity index (χ3n) is 3.19. The predicted octanol–water partition coefficient (Wildman–Crippen LogP) is 3.45. The van der Waals surface area contributed by atoms with Crippen LogP contribution in [-0.4, -0.2) is 25.7 Å². The van der Waals surface area contributed by atoms with Crippen molar-refractivity contribution >= 4 is 41.3 Å². The molecule has 0 aliphatic rings. The minimum atomic E-state index is 0. The predicted molar refractivity (Wildman–Crippen MR) is 109 cm³/mol. The summed E-state index contributed by atoms with van der Waals surface area (Å²) in [5.41, 5.74) is 7.07. The van der Waals surface area contributed by atoms with Crippen LogP contribution in [-0.2, 0) is 12.8 Å². The van der Waals surface area contributed by atoms with Crippen molar-refractivity contribution in [2.75, 3.05) is 19.7 Å². The van der Waals surface area contributed by atoms with Gasteiger partial charge in [0.15, 0.2) is 5.96 Å². The Morgan fingerprint density at radius 3 is 2.78 bits per heavy atom. The summed E-state index contributed by atoms with van der Waals surface area (Å²) in [4.78, 5) is 5.68. The van der Waals surface area contributed by atoms with E-state index in [2.05, 4.69) is 33.9 Å². The van der Waals surface area contributed by atoms with Crippen molar-refractivity contribution in [3.05, 3.63) is 52.2 Å². The van der Waals surface area contributed by atoms with E-state index in [4.69, 9.17) is 10.5 Å². The average Bonchev–Trinajstić information content (AvgIpc) is 3.03. The second kappa shape index (κ2) is 11.3. The first-order chi connectivity index (χ1) is 10.8. The maximum Gasteiger partial charge on any atom is 0.188 e. The largest absolute Gasteiger partial charge is 0.494 e. The van der Waals surface area contributed by atoms with Gasteiger partial charge in [-0.1, -0.05) is 24.3 Å². The Morgan fingerprint density at radius 1 is 1.22 bits per heavy atom. The van der Waals surface area contributed by atoms with E-state index in [-0.39, 0.29) is 24.0 Å². The Kier molecular flexibility index (Phi) is 9.70. The number of nitrogens with one attached hydrogen (secondary N) is 1. The summed E-state index contributed by atoms with van der Waals surface area (Å²) in [5, 5.41) is 5.24. The van der Waals surface area contributed by atoms with E-state index in [0.29, 0.717) is 12.6 Å². The van der Waals surface area contributed by atoms with Gasteiger partial charge in [-0.15, -0.1) is 35.3 Å². The average molecular weight is 445 g/mol. The fourth-order valence-electron chi connectivity index (χ4n) is 2.13. The van der Waals surface area contributed by atoms with Gasteiger partial charge in [-0.3, -0.25) is 4.99 Å². The van der Waals surface area contributed by atoms with Crippen LogP contribution < -0.4 is 15.8 Å². The molecule has 1 aromatic heterocycles. The molecule has 0 atom stereocenters. The van der Waals surface area contributed by atoms with E-state index in [1.54, 1.807) is 11.3 Å². The fraction of sp³-hybridized carbons (Fsp3) is 0.353. The molecule has 0 bridgehead atoms. The lowest BCUT2D eigenvalue weighted by molar-refractivity contribution is 0.336. The number of nitrogens with zero attached hydrogens (tertiary/aromatic N) is 1. The van der Waals surface area contributed by atoms with Crippen molar-refractivity contribution in [3.8, 4) is 5.75 Å². The Labute approximate surface area is 159 Å². The number of nitrogens with two attached hydrogens (primary N) is 1. The molecule has 0 amide bonds. The van der Waals surface area contributed by atoms with Gasteiger partial charge in [-0.05, 0) is 36.4 Å². The van der Waals surface area contributed by atoms with Crippen LogP contribution in [0.4, 0.5) is 0 Å². The van der Waals surface area contributed by atoms with Crippen molar-refractivity contribution in [1.29, 1.82) is 0 Å². The van der Waals surface area contributed by atoms with Crippen LogP contribution in [0.5, 0.6) is 5.75 Å². The van der Waals surface area contributed by atoms with Crippen molar-refractivity contribution < 1.29 is 4.74 Å². The van der Waals surface area contributed by atoms with E-state index in [1.807, 2.05) is 25.1 Å². The van der Waals surface area contributed by atoms with E-state index in [0.717, 1.165) is 31.7 Å². The highest BCUT2D eigenvalue weighted by Gasteiger charge is 2.02. The number of para-hydroxylation sites is 1. The zero-order valence-corrected chi connectivity index (χ0v) is 16.5. The molecule has 4 nitrogen and oxygen atoms in total. The first kappa shape index (κ1) is 19.8. The van der Waals surface area contributed by atoms with Gasteiger partial charge in [-0.2, -0.15) is 0 Å². The lowest BCUT2D eigenvalue weighted by Crippen LogP contribution is -2.33. The normalized spacial score (nSPS) is 10.9. The fourth-order valence-corrected chi connectivity index (χ4v) is 2.83. The van der Waals surface area contributed by atoms with Crippen molar-refractivity contribution in [1.82, 2.24) is 5.32 Å². The quantitative estimate of drug-likeness (QED) is 0.372. The summed E-state index contributed by atoms with van der Waals surface area (Å²) >= 11 is 1.75. The third-order valence-corrected chi connectivity index (χ3v) is 4.13. The highest BCUT2D eigenvalue weighted by atomic mass is 127. The molecule has 3 N–H and O–H groups in total. The highest BCUT2D eigenvalue weighted by Crippen LogP contribution is 2.17. The molecule has 0 aliphatic carbocycles. The number of hydrogen-bond donors (Lipinski definition) is 2. The van der Waals surface area contributed by atoms with Crippen LogP contribution in [0.15, 0.2) is 46.8 Å². The molecule has 1 heterocycles. The van der Waals surface area contributed by atoms with Gasteiger partial charge in [0.2, 0.25) is 0 Å². The van der Waals surface area contributed by atoms with Gasteiger partial charge in [0.25, 0.3) is 0 Å². The molecule has 6 heteroatoms. The Morgan fingerprint density at radius 2 is 2.04 bits per heavy atom. The molecule has 1 aromatic carbocycles. The highest BCUT2D eigenvalue weighted by molar-refractivity contribution is 14.0. The minimum absolute atomic E-state index is 0. The lowest BCUT2D eigenvalue weighted by Gasteiger charge is -2.10. The number of aliphatic imine (C=N–C) groups is 1. The van der Waals surface area contributed by atoms with Crippen LogP contribution >= 0.6 is 35.3 Å². The van der Waals surface area contributed by atoms with Gasteiger partial charge in [-0.25, -0.2) is 0 Å². The Hall–Kier alpha value is -1.28. The van der Waals surface area contributed by atoms with E-state index >= 15 is 0 Å². The molecule has 0 saturated heterocycles. The van der Waals surface area contributed by atoms with Crippen LogP contribution in [0.2, 0.25) is 0 Å². The maximum absolute atomic E-state index is 5.89. The summed E-state index contributed by atoms with van der Waals surface area (Å²) in [6.07, 6.45) is 1.80. The summed E-state index contributed by atoms with van der Waals surface area (Å²) in [7, 11) is 0. The SMILES string of the molecule is CCOc1ccccc1CCNC(N)=NCCc1cccs1.I. The number of benzene rings is 1. The van der Waals surface area contributed by atoms with Crippen LogP contribution in [0, 0.1) is 0 Å². The van der Waals surface area contributed by atoms with Crippen molar-refractivity contribution in [2.24, 2.45) is 10.7 Å². The van der Waals surface area contributed by atoms with Crippen molar-refractivity contribution in [2.45, 2.75) is 19.8 Å². The lowest BCUT2D eigenvalue weighted by atomic mass is 10.1. The molecule has 0 unspecified atom stereocenters. The van der Waals surface area contributed by atoms with Gasteiger partial charge < -0.3 is 15.8 Å². The van der Waals surface area contributed by atoms with Crippen LogP contribution in [0.3, 0.4) is 0 Å². The molecule has 0 spiro atoms. The minimum Gasteiger partial charge on any atom is -0.494 e. The molecule has 0 saturated carbocycles. The molecule has 126 valence electrons. The number of guanidine groups is 1. The first-order valence-corrected chi connectivity index (χ1v) is 8.44. The first-order valence-electron chi connectivity index (χ1n) is 7.56. The van der Waals surface area contributed by atoms with E-state index in [1.165, 1.54) is 10.4 Å². The Balaban J connectivity index is 0.00000264. The van der Waals surface area contributed by atoms with E-state index < -0.39 is 0 Å². The zero-order chi connectivity index (χ0) is 15.6. The number of ether oxygens (including phenoxy) is 1. The van der Waals surface area contributed by atoms with E-state index in [9.17, 15) is 0 Å². The molecule has 0 fully saturated rings. The molecule has 0 radical (unpaired) electrons. The summed E-state index contributed by atoms with van der Waals surface area (Å²) in [5.74, 6) is 1.45. The summed E-state index contributed by atoms with van der Waals surface area (Å²) < 4.78 is 5.61. The molecule has 2 aromatic rings.